The van der Waals surface area contributed by atoms with Crippen LogP contribution in [0.2, 0.25) is 19.6 Å². The van der Waals surface area contributed by atoms with Gasteiger partial charge < -0.3 is 23.7 Å². The highest BCUT2D eigenvalue weighted by Crippen LogP contribution is 2.45. The molecule has 0 bridgehead atoms. The third-order valence-corrected chi connectivity index (χ3v) is 8.20. The predicted molar refractivity (Wildman–Crippen MR) is 135 cm³/mol. The number of hydrogen-bond acceptors (Lipinski definition) is 9. The maximum Gasteiger partial charge on any atom is 0.353 e. The highest BCUT2D eigenvalue weighted by molar-refractivity contribution is 6.88. The van der Waals surface area contributed by atoms with E-state index in [-0.39, 0.29) is 18.6 Å². The molecule has 0 amide bonds. The van der Waals surface area contributed by atoms with E-state index in [1.54, 1.807) is 44.2 Å². The van der Waals surface area contributed by atoms with Gasteiger partial charge in [-0.25, -0.2) is 4.79 Å². The van der Waals surface area contributed by atoms with E-state index in [0.717, 1.165) is 6.92 Å². The van der Waals surface area contributed by atoms with Gasteiger partial charge >= 0.3 is 17.9 Å². The van der Waals surface area contributed by atoms with Crippen LogP contribution in [0.15, 0.2) is 47.1 Å². The van der Waals surface area contributed by atoms with Crippen LogP contribution in [-0.2, 0) is 39.0 Å². The quantitative estimate of drug-likeness (QED) is 0.311. The molecule has 1 heterocycles. The van der Waals surface area contributed by atoms with Crippen molar-refractivity contribution in [1.82, 2.24) is 0 Å². The van der Waals surface area contributed by atoms with Gasteiger partial charge in [0, 0.05) is 24.0 Å². The van der Waals surface area contributed by atoms with Crippen molar-refractivity contribution >= 4 is 37.1 Å². The zero-order chi connectivity index (χ0) is 27.5. The lowest BCUT2D eigenvalue weighted by atomic mass is 9.66. The first-order chi connectivity index (χ1) is 17.3. The summed E-state index contributed by atoms with van der Waals surface area (Å²) in [6.45, 7) is 10.4. The number of hydrogen-bond donors (Lipinski definition) is 1. The first kappa shape index (κ1) is 28.3. The van der Waals surface area contributed by atoms with Crippen LogP contribution in [0.5, 0.6) is 0 Å². The molecule has 3 rings (SSSR count). The zero-order valence-corrected chi connectivity index (χ0v) is 23.0. The molecule has 5 atom stereocenters. The van der Waals surface area contributed by atoms with Crippen LogP contribution in [0.25, 0.3) is 0 Å². The Morgan fingerprint density at radius 2 is 1.81 bits per heavy atom. The molecule has 0 saturated heterocycles. The molecule has 1 aromatic heterocycles. The molecule has 9 nitrogen and oxygen atoms in total. The number of rotatable bonds is 8. The molecule has 1 N–H and O–H groups in total. The Bertz CT molecular complexity index is 1150. The first-order valence-corrected chi connectivity index (χ1v) is 15.8. The van der Waals surface area contributed by atoms with Gasteiger partial charge in [-0.15, -0.1) is 0 Å². The minimum absolute atomic E-state index is 0.00933. The van der Waals surface area contributed by atoms with Crippen molar-refractivity contribution in [2.75, 3.05) is 6.61 Å². The number of ether oxygens (including phenoxy) is 3. The summed E-state index contributed by atoms with van der Waals surface area (Å²) in [5.74, 6) is -4.99. The van der Waals surface area contributed by atoms with Gasteiger partial charge in [-0.3, -0.25) is 14.4 Å². The first-order valence-electron chi connectivity index (χ1n) is 12.3. The predicted octanol–water partition coefficient (Wildman–Crippen LogP) is 3.02. The highest BCUT2D eigenvalue weighted by atomic mass is 28.3. The Morgan fingerprint density at radius 1 is 1.16 bits per heavy atom. The summed E-state index contributed by atoms with van der Waals surface area (Å²) in [4.78, 5) is 51.9. The van der Waals surface area contributed by atoms with Crippen LogP contribution in [0.4, 0.5) is 0 Å². The average molecular weight is 531 g/mol. The summed E-state index contributed by atoms with van der Waals surface area (Å²) in [5.41, 5.74) is -1.71. The molecule has 1 aliphatic carbocycles. The Morgan fingerprint density at radius 3 is 2.38 bits per heavy atom. The van der Waals surface area contributed by atoms with Gasteiger partial charge in [-0.1, -0.05) is 56.9 Å². The fourth-order valence-electron chi connectivity index (χ4n) is 4.73. The second kappa shape index (κ2) is 11.0. The smallest absolute Gasteiger partial charge is 0.353 e. The second-order valence-electron chi connectivity index (χ2n) is 10.3. The third kappa shape index (κ3) is 5.70. The van der Waals surface area contributed by atoms with E-state index in [1.165, 1.54) is 12.3 Å². The molecule has 2 aromatic rings. The zero-order valence-electron chi connectivity index (χ0n) is 22.0. The number of aliphatic hydroxyl groups is 1. The third-order valence-electron chi connectivity index (χ3n) is 6.45. The molecule has 0 radical (unpaired) electrons. The van der Waals surface area contributed by atoms with E-state index in [2.05, 4.69) is 0 Å². The molecule has 37 heavy (non-hydrogen) atoms. The van der Waals surface area contributed by atoms with E-state index in [1.807, 2.05) is 19.6 Å². The minimum Gasteiger partial charge on any atom is -0.474 e. The molecule has 1 aromatic carbocycles. The fourth-order valence-corrected chi connectivity index (χ4v) is 6.25. The SMILES string of the molecule is CCOC(=O)[C@H]1C[C@@H](C)C(=O)[C@@H](OC(=O)[C@@H](OC(C)=O)c2ccccc2)[C@]1(O)c1ccoc1[Si](C)(C)C. The van der Waals surface area contributed by atoms with E-state index in [4.69, 9.17) is 18.6 Å². The second-order valence-corrected chi connectivity index (χ2v) is 15.3. The number of Topliss-reactive ketones (excluding diaryl/α,β-unsaturated/α-hetero) is 1. The molecule has 1 saturated carbocycles. The van der Waals surface area contributed by atoms with Crippen molar-refractivity contribution in [1.29, 1.82) is 0 Å². The normalized spacial score (nSPS) is 24.7. The van der Waals surface area contributed by atoms with Crippen LogP contribution >= 0.6 is 0 Å². The van der Waals surface area contributed by atoms with E-state index in [9.17, 15) is 24.3 Å². The molecular formula is C27H34O9Si. The van der Waals surface area contributed by atoms with Crippen LogP contribution in [0, 0.1) is 11.8 Å². The largest absolute Gasteiger partial charge is 0.474 e. The standard InChI is InChI=1S/C27H34O9Si/c1-7-33-24(30)20-15-16(2)21(29)23(27(20,32)19-13-14-34-26(19)37(4,5)6)36-25(31)22(35-17(3)28)18-11-9-8-10-12-18/h8-14,16,20,22-23,32H,7,15H2,1-6H3/t16-,20-,22+,23-,27+/m1/s1. The molecule has 0 unspecified atom stereocenters. The van der Waals surface area contributed by atoms with Gasteiger partial charge in [-0.05, 0) is 19.4 Å². The lowest BCUT2D eigenvalue weighted by Crippen LogP contribution is -2.62. The monoisotopic (exact) mass is 530 g/mol. The molecule has 10 heteroatoms. The van der Waals surface area contributed by atoms with Crippen LogP contribution in [-0.4, -0.2) is 49.6 Å². The number of ketones is 1. The van der Waals surface area contributed by atoms with Gasteiger partial charge in [0.15, 0.2) is 11.9 Å². The number of furan rings is 1. The molecule has 0 aliphatic heterocycles. The maximum absolute atomic E-state index is 13.5. The Labute approximate surface area is 217 Å². The topological polar surface area (TPSA) is 129 Å². The number of esters is 3. The lowest BCUT2D eigenvalue weighted by molar-refractivity contribution is -0.206. The Kier molecular flexibility index (Phi) is 8.44. The van der Waals surface area contributed by atoms with Crippen molar-refractivity contribution in [2.24, 2.45) is 11.8 Å². The van der Waals surface area contributed by atoms with E-state index < -0.39 is 61.4 Å². The van der Waals surface area contributed by atoms with E-state index >= 15 is 0 Å². The maximum atomic E-state index is 13.5. The molecule has 200 valence electrons. The Hall–Kier alpha value is -3.24. The summed E-state index contributed by atoms with van der Waals surface area (Å²) in [7, 11) is -2.24. The van der Waals surface area contributed by atoms with Crippen molar-refractivity contribution in [3.8, 4) is 0 Å². The van der Waals surface area contributed by atoms with Gasteiger partial charge in [0.2, 0.25) is 6.10 Å². The molecular weight excluding hydrogens is 496 g/mol. The molecule has 1 fully saturated rings. The number of carbonyl (C=O) groups is 4. The van der Waals surface area contributed by atoms with Crippen molar-refractivity contribution in [3.63, 3.8) is 0 Å². The Balaban J connectivity index is 2.15. The van der Waals surface area contributed by atoms with Crippen LogP contribution < -0.4 is 5.38 Å². The lowest BCUT2D eigenvalue weighted by Gasteiger charge is -2.45. The van der Waals surface area contributed by atoms with Crippen LogP contribution in [0.1, 0.15) is 44.4 Å². The summed E-state index contributed by atoms with van der Waals surface area (Å²) in [6, 6.07) is 9.70. The van der Waals surface area contributed by atoms with Gasteiger partial charge in [0.25, 0.3) is 0 Å². The summed E-state index contributed by atoms with van der Waals surface area (Å²) < 4.78 is 22.0. The fraction of sp³-hybridized carbons (Fsp3) is 0.481. The minimum atomic E-state index is -2.26. The van der Waals surface area contributed by atoms with Crippen molar-refractivity contribution < 1.29 is 42.9 Å². The molecule has 0 spiro atoms. The van der Waals surface area contributed by atoms with Gasteiger partial charge in [0.05, 0.1) is 24.2 Å². The molecule has 1 aliphatic rings. The highest BCUT2D eigenvalue weighted by Gasteiger charge is 2.61. The summed E-state index contributed by atoms with van der Waals surface area (Å²) in [6.07, 6.45) is -1.87. The summed E-state index contributed by atoms with van der Waals surface area (Å²) >= 11 is 0. The van der Waals surface area contributed by atoms with E-state index in [0.29, 0.717) is 10.9 Å². The summed E-state index contributed by atoms with van der Waals surface area (Å²) in [5, 5.41) is 12.8. The van der Waals surface area contributed by atoms with Gasteiger partial charge in [0.1, 0.15) is 13.7 Å². The van der Waals surface area contributed by atoms with Crippen LogP contribution in [0.3, 0.4) is 0 Å². The van der Waals surface area contributed by atoms with Crippen molar-refractivity contribution in [3.05, 3.63) is 53.8 Å². The number of carbonyl (C=O) groups excluding carboxylic acids is 4. The average Bonchev–Trinajstić information content (AvgIpc) is 3.34. The van der Waals surface area contributed by atoms with Crippen molar-refractivity contribution in [2.45, 2.75) is 64.6 Å². The number of benzene rings is 1. The van der Waals surface area contributed by atoms with Gasteiger partial charge in [-0.2, -0.15) is 0 Å².